The minimum Gasteiger partial charge on any atom is -0.354 e. The highest BCUT2D eigenvalue weighted by Crippen LogP contribution is 2.29. The summed E-state index contributed by atoms with van der Waals surface area (Å²) in [6.45, 7) is 3.83. The number of benzene rings is 2. The molecule has 26 heavy (non-hydrogen) atoms. The normalized spacial score (nSPS) is 11.1. The zero-order chi connectivity index (χ0) is 18.8. The zero-order valence-corrected chi connectivity index (χ0v) is 15.7. The lowest BCUT2D eigenvalue weighted by Crippen LogP contribution is -2.31. The van der Waals surface area contributed by atoms with Gasteiger partial charge in [-0.15, -0.1) is 0 Å². The SMILES string of the molecule is Bc1ccc2nc(-c3ccc(F)c(Cl)c3)c(CC(=O)NC(C)C)cc2c1. The summed E-state index contributed by atoms with van der Waals surface area (Å²) >= 11 is 5.95. The Kier molecular flexibility index (Phi) is 5.28. The molecule has 2 aromatic carbocycles. The highest BCUT2D eigenvalue weighted by atomic mass is 35.5. The van der Waals surface area contributed by atoms with Gasteiger partial charge in [0.25, 0.3) is 0 Å². The third-order valence-corrected chi connectivity index (χ3v) is 4.33. The monoisotopic (exact) mass is 368 g/mol. The van der Waals surface area contributed by atoms with Crippen LogP contribution in [0.1, 0.15) is 19.4 Å². The van der Waals surface area contributed by atoms with Crippen LogP contribution in [0.2, 0.25) is 5.02 Å². The number of aromatic nitrogens is 1. The number of rotatable bonds is 4. The van der Waals surface area contributed by atoms with Gasteiger partial charge in [-0.3, -0.25) is 4.79 Å². The number of nitrogens with zero attached hydrogens (tertiary/aromatic N) is 1. The average Bonchev–Trinajstić information content (AvgIpc) is 2.56. The van der Waals surface area contributed by atoms with Gasteiger partial charge in [0.1, 0.15) is 13.7 Å². The maximum atomic E-state index is 13.5. The van der Waals surface area contributed by atoms with Gasteiger partial charge >= 0.3 is 0 Å². The first-order valence-corrected chi connectivity index (χ1v) is 8.86. The summed E-state index contributed by atoms with van der Waals surface area (Å²) in [6.07, 6.45) is 0.194. The van der Waals surface area contributed by atoms with Crippen molar-refractivity contribution in [3.63, 3.8) is 0 Å². The second kappa shape index (κ2) is 7.46. The van der Waals surface area contributed by atoms with Gasteiger partial charge in [0.2, 0.25) is 5.91 Å². The highest BCUT2D eigenvalue weighted by Gasteiger charge is 2.15. The lowest BCUT2D eigenvalue weighted by atomic mass is 9.93. The topological polar surface area (TPSA) is 42.0 Å². The van der Waals surface area contributed by atoms with Gasteiger partial charge in [-0.1, -0.05) is 29.2 Å². The molecule has 1 heterocycles. The zero-order valence-electron chi connectivity index (χ0n) is 14.9. The van der Waals surface area contributed by atoms with Crippen LogP contribution in [0.25, 0.3) is 22.2 Å². The Morgan fingerprint density at radius 2 is 2.00 bits per heavy atom. The first-order chi connectivity index (χ1) is 12.3. The fourth-order valence-electron chi connectivity index (χ4n) is 2.91. The first kappa shape index (κ1) is 18.4. The molecule has 6 heteroatoms. The van der Waals surface area contributed by atoms with Crippen molar-refractivity contribution in [1.82, 2.24) is 10.3 Å². The van der Waals surface area contributed by atoms with Gasteiger partial charge in [0.15, 0.2) is 0 Å². The van der Waals surface area contributed by atoms with Gasteiger partial charge in [-0.2, -0.15) is 0 Å². The van der Waals surface area contributed by atoms with Crippen LogP contribution in [0.4, 0.5) is 4.39 Å². The average molecular weight is 369 g/mol. The maximum Gasteiger partial charge on any atom is 0.224 e. The molecule has 3 rings (SSSR count). The van der Waals surface area contributed by atoms with Gasteiger partial charge in [-0.25, -0.2) is 9.37 Å². The van der Waals surface area contributed by atoms with Gasteiger partial charge in [0, 0.05) is 11.6 Å². The number of fused-ring (bicyclic) bond motifs is 1. The van der Waals surface area contributed by atoms with Crippen molar-refractivity contribution in [3.05, 3.63) is 58.9 Å². The second-order valence-electron chi connectivity index (χ2n) is 6.72. The lowest BCUT2D eigenvalue weighted by Gasteiger charge is -2.13. The van der Waals surface area contributed by atoms with Crippen molar-refractivity contribution < 1.29 is 9.18 Å². The fourth-order valence-corrected chi connectivity index (χ4v) is 3.09. The summed E-state index contributed by atoms with van der Waals surface area (Å²) in [5.41, 5.74) is 4.05. The molecule has 0 fully saturated rings. The van der Waals surface area contributed by atoms with E-state index in [1.807, 2.05) is 46.0 Å². The van der Waals surface area contributed by atoms with Crippen molar-refractivity contribution >= 4 is 41.7 Å². The van der Waals surface area contributed by atoms with E-state index in [9.17, 15) is 9.18 Å². The minimum absolute atomic E-state index is 0.0332. The maximum absolute atomic E-state index is 13.5. The predicted octanol–water partition coefficient (Wildman–Crippen LogP) is 3.02. The number of amides is 1. The summed E-state index contributed by atoms with van der Waals surface area (Å²) in [5.74, 6) is -0.561. The van der Waals surface area contributed by atoms with Crippen LogP contribution in [0.15, 0.2) is 42.5 Å². The third-order valence-electron chi connectivity index (χ3n) is 4.04. The van der Waals surface area contributed by atoms with Crippen LogP contribution in [0.3, 0.4) is 0 Å². The number of nitrogens with one attached hydrogen (secondary N) is 1. The van der Waals surface area contributed by atoms with Crippen molar-refractivity contribution in [1.29, 1.82) is 0 Å². The van der Waals surface area contributed by atoms with E-state index < -0.39 is 5.82 Å². The Morgan fingerprint density at radius 1 is 1.23 bits per heavy atom. The fraction of sp³-hybridized carbons (Fsp3) is 0.200. The standard InChI is InChI=1S/C20H19BClFN2O/c1-11(2)24-19(26)10-14-7-13-8-15(21)4-6-18(13)25-20(14)12-3-5-17(23)16(22)9-12/h3-9,11H,10,21H2,1-2H3,(H,24,26). The van der Waals surface area contributed by atoms with Crippen LogP contribution in [0, 0.1) is 5.82 Å². The van der Waals surface area contributed by atoms with Crippen molar-refractivity contribution in [2.45, 2.75) is 26.3 Å². The molecule has 0 unspecified atom stereocenters. The molecule has 0 aliphatic heterocycles. The van der Waals surface area contributed by atoms with E-state index in [2.05, 4.69) is 5.32 Å². The number of hydrogen-bond acceptors (Lipinski definition) is 2. The van der Waals surface area contributed by atoms with Gasteiger partial charge < -0.3 is 5.32 Å². The quantitative estimate of drug-likeness (QED) is 0.719. The summed E-state index contributed by atoms with van der Waals surface area (Å²) in [4.78, 5) is 17.0. The van der Waals surface area contributed by atoms with Gasteiger partial charge in [0.05, 0.1) is 22.7 Å². The summed E-state index contributed by atoms with van der Waals surface area (Å²) < 4.78 is 13.5. The molecule has 0 atom stereocenters. The van der Waals surface area contributed by atoms with E-state index in [4.69, 9.17) is 16.6 Å². The summed E-state index contributed by atoms with van der Waals surface area (Å²) in [6, 6.07) is 12.5. The third kappa shape index (κ3) is 4.05. The summed E-state index contributed by atoms with van der Waals surface area (Å²) in [7, 11) is 2.01. The molecule has 1 amide bonds. The molecule has 132 valence electrons. The molecule has 0 saturated carbocycles. The molecular formula is C20H19BClFN2O. The highest BCUT2D eigenvalue weighted by molar-refractivity contribution is 6.33. The Morgan fingerprint density at radius 3 is 2.69 bits per heavy atom. The molecule has 1 N–H and O–H groups in total. The number of carbonyl (C=O) groups excluding carboxylic acids is 1. The van der Waals surface area contributed by atoms with E-state index in [1.54, 1.807) is 12.1 Å². The Hall–Kier alpha value is -2.40. The van der Waals surface area contributed by atoms with Crippen molar-refractivity contribution in [3.8, 4) is 11.3 Å². The number of hydrogen-bond donors (Lipinski definition) is 1. The Labute approximate surface area is 158 Å². The van der Waals surface area contributed by atoms with Crippen LogP contribution in [-0.4, -0.2) is 24.8 Å². The molecular weight excluding hydrogens is 349 g/mol. The minimum atomic E-state index is -0.481. The molecule has 1 aromatic heterocycles. The van der Waals surface area contributed by atoms with E-state index in [1.165, 1.54) is 6.07 Å². The predicted molar refractivity (Wildman–Crippen MR) is 107 cm³/mol. The van der Waals surface area contributed by atoms with Crippen LogP contribution in [-0.2, 0) is 11.2 Å². The van der Waals surface area contributed by atoms with E-state index in [-0.39, 0.29) is 23.4 Å². The molecule has 0 bridgehead atoms. The van der Waals surface area contributed by atoms with Crippen molar-refractivity contribution in [2.24, 2.45) is 0 Å². The summed E-state index contributed by atoms with van der Waals surface area (Å²) in [5, 5.41) is 3.90. The largest absolute Gasteiger partial charge is 0.354 e. The number of pyridine rings is 1. The molecule has 3 nitrogen and oxygen atoms in total. The Bertz CT molecular complexity index is 991. The van der Waals surface area contributed by atoms with Crippen LogP contribution >= 0.6 is 11.6 Å². The van der Waals surface area contributed by atoms with Gasteiger partial charge in [-0.05, 0) is 55.1 Å². The first-order valence-electron chi connectivity index (χ1n) is 8.48. The van der Waals surface area contributed by atoms with Crippen LogP contribution < -0.4 is 10.8 Å². The molecule has 0 aliphatic carbocycles. The lowest BCUT2D eigenvalue weighted by molar-refractivity contribution is -0.120. The van der Waals surface area contributed by atoms with Crippen LogP contribution in [0.5, 0.6) is 0 Å². The molecule has 0 saturated heterocycles. The number of halogens is 2. The second-order valence-corrected chi connectivity index (χ2v) is 7.13. The molecule has 0 radical (unpaired) electrons. The number of carbonyl (C=O) groups is 1. The Balaban J connectivity index is 2.14. The van der Waals surface area contributed by atoms with Crippen molar-refractivity contribution in [2.75, 3.05) is 0 Å². The molecule has 0 aliphatic rings. The smallest absolute Gasteiger partial charge is 0.224 e. The molecule has 3 aromatic rings. The van der Waals surface area contributed by atoms with E-state index in [0.717, 1.165) is 21.9 Å². The van der Waals surface area contributed by atoms with E-state index in [0.29, 0.717) is 11.3 Å². The van der Waals surface area contributed by atoms with E-state index >= 15 is 0 Å². The molecule has 0 spiro atoms.